The van der Waals surface area contributed by atoms with Gasteiger partial charge in [0.25, 0.3) is 11.8 Å². The third-order valence-corrected chi connectivity index (χ3v) is 5.80. The summed E-state index contributed by atoms with van der Waals surface area (Å²) in [5, 5.41) is 5.49. The summed E-state index contributed by atoms with van der Waals surface area (Å²) in [5.74, 6) is -1.33. The Morgan fingerprint density at radius 2 is 1.94 bits per heavy atom. The predicted molar refractivity (Wildman–Crippen MR) is 112 cm³/mol. The number of carbonyl (C=O) groups excluding carboxylic acids is 4. The van der Waals surface area contributed by atoms with E-state index in [9.17, 15) is 19.2 Å². The SMILES string of the molecule is Cn1cccc1C(=O)N1CCN(C(=O)c2cncnc2)C(C(=O)NC2CCCNC2=O)C1. The number of rotatable bonds is 4. The topological polar surface area (TPSA) is 130 Å². The van der Waals surface area contributed by atoms with Crippen LogP contribution < -0.4 is 10.6 Å². The van der Waals surface area contributed by atoms with Crippen LogP contribution in [0.2, 0.25) is 0 Å². The number of hydrogen-bond acceptors (Lipinski definition) is 6. The number of hydrogen-bond donors (Lipinski definition) is 2. The van der Waals surface area contributed by atoms with Gasteiger partial charge in [-0.3, -0.25) is 19.2 Å². The highest BCUT2D eigenvalue weighted by Gasteiger charge is 2.39. The molecule has 4 rings (SSSR count). The van der Waals surface area contributed by atoms with Crippen molar-refractivity contribution in [1.82, 2.24) is 35.0 Å². The van der Waals surface area contributed by atoms with Crippen molar-refractivity contribution in [2.75, 3.05) is 26.2 Å². The normalized spacial score (nSPS) is 21.1. The van der Waals surface area contributed by atoms with E-state index < -0.39 is 23.9 Å². The largest absolute Gasteiger partial charge is 0.354 e. The van der Waals surface area contributed by atoms with Crippen LogP contribution in [0.3, 0.4) is 0 Å². The molecule has 0 bridgehead atoms. The van der Waals surface area contributed by atoms with Gasteiger partial charge in [0.05, 0.1) is 12.1 Å². The first-order valence-corrected chi connectivity index (χ1v) is 10.5. The van der Waals surface area contributed by atoms with E-state index in [0.717, 1.165) is 6.42 Å². The molecule has 2 aliphatic rings. The summed E-state index contributed by atoms with van der Waals surface area (Å²) < 4.78 is 1.71. The van der Waals surface area contributed by atoms with Crippen LogP contribution in [0.5, 0.6) is 0 Å². The Bertz CT molecular complexity index is 1020. The molecular formula is C21H25N7O4. The molecule has 2 N–H and O–H groups in total. The molecule has 2 atom stereocenters. The fraction of sp³-hybridized carbons (Fsp3) is 0.429. The first-order chi connectivity index (χ1) is 15.5. The van der Waals surface area contributed by atoms with E-state index in [1.54, 1.807) is 34.8 Å². The molecule has 168 valence electrons. The molecule has 4 amide bonds. The Morgan fingerprint density at radius 1 is 1.16 bits per heavy atom. The Balaban J connectivity index is 1.56. The average Bonchev–Trinajstić information content (AvgIpc) is 3.25. The summed E-state index contributed by atoms with van der Waals surface area (Å²) in [6.07, 6.45) is 7.15. The van der Waals surface area contributed by atoms with E-state index in [0.29, 0.717) is 18.7 Å². The molecule has 0 spiro atoms. The van der Waals surface area contributed by atoms with E-state index in [1.165, 1.54) is 23.6 Å². The van der Waals surface area contributed by atoms with Gasteiger partial charge in [0.1, 0.15) is 24.1 Å². The first-order valence-electron chi connectivity index (χ1n) is 10.5. The van der Waals surface area contributed by atoms with Gasteiger partial charge in [-0.05, 0) is 25.0 Å². The predicted octanol–water partition coefficient (Wildman–Crippen LogP) is -0.823. The molecule has 0 saturated carbocycles. The molecule has 2 fully saturated rings. The fourth-order valence-electron chi connectivity index (χ4n) is 4.03. The van der Waals surface area contributed by atoms with Crippen molar-refractivity contribution in [2.45, 2.75) is 24.9 Å². The number of aromatic nitrogens is 3. The number of carbonyl (C=O) groups is 4. The van der Waals surface area contributed by atoms with Gasteiger partial charge in [-0.2, -0.15) is 0 Å². The van der Waals surface area contributed by atoms with Crippen molar-refractivity contribution in [3.8, 4) is 0 Å². The van der Waals surface area contributed by atoms with Crippen molar-refractivity contribution in [2.24, 2.45) is 7.05 Å². The molecule has 0 aliphatic carbocycles. The van der Waals surface area contributed by atoms with Gasteiger partial charge in [0.2, 0.25) is 11.8 Å². The zero-order chi connectivity index (χ0) is 22.7. The standard InChI is InChI=1S/C21H25N7O4/c1-26-7-3-5-16(26)21(32)27-8-9-28(20(31)14-10-22-13-23-11-14)17(12-27)19(30)25-15-4-2-6-24-18(15)29/h3,5,7,10-11,13,15,17H,2,4,6,8-9,12H2,1H3,(H,24,29)(H,25,30). The van der Waals surface area contributed by atoms with Gasteiger partial charge >= 0.3 is 0 Å². The minimum absolute atomic E-state index is 0.0175. The van der Waals surface area contributed by atoms with Crippen LogP contribution in [0.1, 0.15) is 33.7 Å². The lowest BCUT2D eigenvalue weighted by Crippen LogP contribution is -2.63. The first kappa shape index (κ1) is 21.5. The minimum atomic E-state index is -0.949. The van der Waals surface area contributed by atoms with Gasteiger partial charge in [0, 0.05) is 45.3 Å². The highest BCUT2D eigenvalue weighted by atomic mass is 16.2. The third kappa shape index (κ3) is 4.32. The van der Waals surface area contributed by atoms with Crippen LogP contribution in [-0.4, -0.2) is 86.2 Å². The van der Waals surface area contributed by atoms with Crippen LogP contribution >= 0.6 is 0 Å². The number of aryl methyl sites for hydroxylation is 1. The van der Waals surface area contributed by atoms with E-state index in [1.807, 2.05) is 0 Å². The van der Waals surface area contributed by atoms with E-state index >= 15 is 0 Å². The quantitative estimate of drug-likeness (QED) is 0.640. The fourth-order valence-corrected chi connectivity index (χ4v) is 4.03. The summed E-state index contributed by atoms with van der Waals surface area (Å²) in [6, 6.07) is 1.87. The number of piperidine rings is 1. The monoisotopic (exact) mass is 439 g/mol. The molecule has 4 heterocycles. The van der Waals surface area contributed by atoms with Crippen LogP contribution in [0.4, 0.5) is 0 Å². The smallest absolute Gasteiger partial charge is 0.270 e. The molecule has 2 aliphatic heterocycles. The maximum atomic E-state index is 13.2. The van der Waals surface area contributed by atoms with Crippen molar-refractivity contribution in [1.29, 1.82) is 0 Å². The van der Waals surface area contributed by atoms with Crippen molar-refractivity contribution >= 4 is 23.6 Å². The third-order valence-electron chi connectivity index (χ3n) is 5.80. The van der Waals surface area contributed by atoms with Gasteiger partial charge in [-0.1, -0.05) is 0 Å². The lowest BCUT2D eigenvalue weighted by molar-refractivity contribution is -0.133. The Hall–Kier alpha value is -3.76. The Morgan fingerprint density at radius 3 is 2.62 bits per heavy atom. The van der Waals surface area contributed by atoms with Gasteiger partial charge in [0.15, 0.2) is 0 Å². The Kier molecular flexibility index (Phi) is 6.15. The molecule has 2 aromatic rings. The Labute approximate surface area is 184 Å². The summed E-state index contributed by atoms with van der Waals surface area (Å²) in [5.41, 5.74) is 0.745. The van der Waals surface area contributed by atoms with Crippen LogP contribution in [0.15, 0.2) is 37.1 Å². The van der Waals surface area contributed by atoms with Crippen molar-refractivity contribution in [3.05, 3.63) is 48.3 Å². The highest BCUT2D eigenvalue weighted by molar-refractivity contribution is 5.99. The van der Waals surface area contributed by atoms with Gasteiger partial charge in [-0.15, -0.1) is 0 Å². The molecule has 2 unspecified atom stereocenters. The van der Waals surface area contributed by atoms with Crippen LogP contribution in [0.25, 0.3) is 0 Å². The second-order valence-electron chi connectivity index (χ2n) is 7.89. The zero-order valence-corrected chi connectivity index (χ0v) is 17.7. The molecule has 32 heavy (non-hydrogen) atoms. The second-order valence-corrected chi connectivity index (χ2v) is 7.89. The molecule has 2 aromatic heterocycles. The summed E-state index contributed by atoms with van der Waals surface area (Å²) in [4.78, 5) is 62.2. The maximum absolute atomic E-state index is 13.2. The number of amides is 4. The summed E-state index contributed by atoms with van der Waals surface area (Å²) in [6.45, 7) is 1.03. The van der Waals surface area contributed by atoms with Crippen LogP contribution in [0, 0.1) is 0 Å². The molecule has 2 saturated heterocycles. The van der Waals surface area contributed by atoms with E-state index in [2.05, 4.69) is 20.6 Å². The van der Waals surface area contributed by atoms with Crippen LogP contribution in [-0.2, 0) is 16.6 Å². The zero-order valence-electron chi connectivity index (χ0n) is 17.7. The van der Waals surface area contributed by atoms with Gasteiger partial charge in [-0.25, -0.2) is 9.97 Å². The molecule has 11 heteroatoms. The lowest BCUT2D eigenvalue weighted by Gasteiger charge is -2.41. The van der Waals surface area contributed by atoms with Gasteiger partial charge < -0.3 is 25.0 Å². The molecule has 0 radical (unpaired) electrons. The average molecular weight is 439 g/mol. The number of piperazine rings is 1. The van der Waals surface area contributed by atoms with E-state index in [-0.39, 0.29) is 37.0 Å². The summed E-state index contributed by atoms with van der Waals surface area (Å²) >= 11 is 0. The molecule has 11 nitrogen and oxygen atoms in total. The minimum Gasteiger partial charge on any atom is -0.354 e. The highest BCUT2D eigenvalue weighted by Crippen LogP contribution is 2.17. The second kappa shape index (κ2) is 9.16. The molecular weight excluding hydrogens is 414 g/mol. The van der Waals surface area contributed by atoms with E-state index in [4.69, 9.17) is 0 Å². The van der Waals surface area contributed by atoms with Crippen molar-refractivity contribution < 1.29 is 19.2 Å². The maximum Gasteiger partial charge on any atom is 0.270 e. The summed E-state index contributed by atoms with van der Waals surface area (Å²) in [7, 11) is 1.77. The van der Waals surface area contributed by atoms with Crippen molar-refractivity contribution in [3.63, 3.8) is 0 Å². The lowest BCUT2D eigenvalue weighted by atomic mass is 10.0. The number of nitrogens with zero attached hydrogens (tertiary/aromatic N) is 5. The molecule has 0 aromatic carbocycles. The number of nitrogens with one attached hydrogen (secondary N) is 2.